The molecule has 0 spiro atoms. The fourth-order valence-electron chi connectivity index (χ4n) is 3.66. The van der Waals surface area contributed by atoms with Gasteiger partial charge in [0.05, 0.1) is 11.5 Å². The summed E-state index contributed by atoms with van der Waals surface area (Å²) in [5.41, 5.74) is -1.56. The second kappa shape index (κ2) is 12.0. The highest BCUT2D eigenvalue weighted by Crippen LogP contribution is 2.18. The van der Waals surface area contributed by atoms with Gasteiger partial charge < -0.3 is 35.5 Å². The molecule has 3 aromatic rings. The Morgan fingerprint density at radius 3 is 2.26 bits per heavy atom. The normalized spacial score (nSPS) is 12.3. The van der Waals surface area contributed by atoms with E-state index in [1.165, 1.54) is 54.7 Å². The summed E-state index contributed by atoms with van der Waals surface area (Å²) in [6.07, 6.45) is 2.14. The van der Waals surface area contributed by atoms with Gasteiger partial charge in [-0.3, -0.25) is 14.4 Å². The summed E-state index contributed by atoms with van der Waals surface area (Å²) < 4.78 is 1.60. The van der Waals surface area contributed by atoms with Crippen molar-refractivity contribution >= 4 is 25.0 Å². The number of aromatic hydroxyl groups is 1. The number of carboxylic acid groups (broad SMARTS) is 1. The maximum Gasteiger partial charge on any atom is 0.475 e. The monoisotopic (exact) mass is 524 g/mol. The van der Waals surface area contributed by atoms with Crippen molar-refractivity contribution in [2.24, 2.45) is 0 Å². The molecule has 1 heterocycles. The number of aromatic carboxylic acids is 1. The number of carbonyl (C=O) groups excluding carboxylic acids is 2. The Labute approximate surface area is 215 Å². The largest absolute Gasteiger partial charge is 0.508 e. The van der Waals surface area contributed by atoms with Crippen LogP contribution < -0.4 is 21.8 Å². The van der Waals surface area contributed by atoms with Gasteiger partial charge in [-0.15, -0.1) is 0 Å². The summed E-state index contributed by atoms with van der Waals surface area (Å²) in [4.78, 5) is 62.0. The lowest BCUT2D eigenvalue weighted by Crippen LogP contribution is -2.53. The zero-order valence-corrected chi connectivity index (χ0v) is 20.1. The summed E-state index contributed by atoms with van der Waals surface area (Å²) >= 11 is 0. The van der Waals surface area contributed by atoms with E-state index in [-0.39, 0.29) is 29.8 Å². The first-order valence-corrected chi connectivity index (χ1v) is 11.4. The first-order chi connectivity index (χ1) is 18.0. The van der Waals surface area contributed by atoms with Crippen LogP contribution in [0.15, 0.2) is 70.5 Å². The summed E-state index contributed by atoms with van der Waals surface area (Å²) in [6, 6.07) is 8.26. The number of carboxylic acids is 1. The topological polar surface area (TPSA) is 200 Å². The summed E-state index contributed by atoms with van der Waals surface area (Å²) in [5, 5.41) is 43.3. The Morgan fingerprint density at radius 2 is 1.66 bits per heavy atom. The molecule has 0 radical (unpaired) electrons. The molecular formula is C24H25BN4O9. The van der Waals surface area contributed by atoms with Crippen LogP contribution in [0.5, 0.6) is 5.75 Å². The average Bonchev–Trinajstić information content (AvgIpc) is 2.89. The number of amides is 2. The predicted octanol–water partition coefficient (Wildman–Crippen LogP) is -0.528. The van der Waals surface area contributed by atoms with Crippen LogP contribution in [-0.2, 0) is 17.8 Å². The number of nitrogens with zero attached hydrogens (tertiary/aromatic N) is 2. The van der Waals surface area contributed by atoms with Gasteiger partial charge in [0.2, 0.25) is 5.91 Å². The van der Waals surface area contributed by atoms with Crippen LogP contribution in [0, 0.1) is 0 Å². The van der Waals surface area contributed by atoms with Gasteiger partial charge in [0, 0.05) is 18.9 Å². The molecule has 1 aromatic heterocycles. The van der Waals surface area contributed by atoms with Gasteiger partial charge in [-0.1, -0.05) is 24.3 Å². The Kier molecular flexibility index (Phi) is 8.83. The third-order valence-electron chi connectivity index (χ3n) is 5.69. The molecule has 0 saturated carbocycles. The van der Waals surface area contributed by atoms with Crippen molar-refractivity contribution < 1.29 is 34.6 Å². The van der Waals surface area contributed by atoms with Gasteiger partial charge in [0.1, 0.15) is 11.8 Å². The average molecular weight is 524 g/mol. The van der Waals surface area contributed by atoms with E-state index < -0.39 is 48.1 Å². The number of benzene rings is 2. The van der Waals surface area contributed by atoms with Crippen molar-refractivity contribution in [3.05, 3.63) is 98.3 Å². The molecule has 0 saturated heterocycles. The molecule has 6 N–H and O–H groups in total. The lowest BCUT2D eigenvalue weighted by Gasteiger charge is -2.24. The zero-order chi connectivity index (χ0) is 28.0. The highest BCUT2D eigenvalue weighted by atomic mass is 16.4. The van der Waals surface area contributed by atoms with E-state index in [4.69, 9.17) is 0 Å². The Hall–Kier alpha value is -4.69. The van der Waals surface area contributed by atoms with Gasteiger partial charge in [-0.05, 0) is 48.7 Å². The highest BCUT2D eigenvalue weighted by Gasteiger charge is 2.31. The van der Waals surface area contributed by atoms with E-state index in [1.807, 2.05) is 0 Å². The van der Waals surface area contributed by atoms with E-state index in [0.29, 0.717) is 10.1 Å². The van der Waals surface area contributed by atoms with Gasteiger partial charge in [-0.2, -0.15) is 0 Å². The smallest absolute Gasteiger partial charge is 0.475 e. The van der Waals surface area contributed by atoms with Crippen LogP contribution in [0.1, 0.15) is 34.5 Å². The molecule has 0 fully saturated rings. The predicted molar refractivity (Wildman–Crippen MR) is 135 cm³/mol. The highest BCUT2D eigenvalue weighted by molar-refractivity contribution is 6.43. The molecule has 2 amide bonds. The number of phenols is 1. The number of carbonyl (C=O) groups is 3. The molecule has 0 aliphatic carbocycles. The van der Waals surface area contributed by atoms with Crippen molar-refractivity contribution in [3.8, 4) is 5.75 Å². The van der Waals surface area contributed by atoms with Crippen LogP contribution >= 0.6 is 0 Å². The molecule has 2 atom stereocenters. The van der Waals surface area contributed by atoms with Crippen molar-refractivity contribution in [2.45, 2.75) is 31.9 Å². The maximum atomic E-state index is 13.3. The molecular weight excluding hydrogens is 499 g/mol. The third kappa shape index (κ3) is 6.54. The summed E-state index contributed by atoms with van der Waals surface area (Å²) in [7, 11) is -2.06. The number of rotatable bonds is 9. The zero-order valence-electron chi connectivity index (χ0n) is 20.1. The van der Waals surface area contributed by atoms with E-state index >= 15 is 0 Å². The molecule has 14 heteroatoms. The minimum atomic E-state index is -2.06. The minimum Gasteiger partial charge on any atom is -0.508 e. The van der Waals surface area contributed by atoms with Crippen LogP contribution in [0.25, 0.3) is 0 Å². The number of aryl methyl sites for hydroxylation is 1. The number of hydrogen-bond acceptors (Lipinski definition) is 8. The van der Waals surface area contributed by atoms with Crippen LogP contribution in [-0.4, -0.2) is 60.4 Å². The molecule has 0 bridgehead atoms. The molecule has 3 rings (SSSR count). The van der Waals surface area contributed by atoms with E-state index in [2.05, 4.69) is 10.6 Å². The summed E-state index contributed by atoms with van der Waals surface area (Å²) in [5.74, 6) is -3.54. The molecule has 38 heavy (non-hydrogen) atoms. The molecule has 2 aromatic carbocycles. The first kappa shape index (κ1) is 27.9. The van der Waals surface area contributed by atoms with E-state index in [1.54, 1.807) is 6.92 Å². The Bertz CT molecular complexity index is 1450. The number of aromatic nitrogens is 2. The van der Waals surface area contributed by atoms with Gasteiger partial charge in [-0.25, -0.2) is 14.2 Å². The number of phenolic OH excluding ortho intramolecular Hbond substituents is 1. The lowest BCUT2D eigenvalue weighted by atomic mass is 9.75. The van der Waals surface area contributed by atoms with Crippen molar-refractivity contribution in [2.75, 3.05) is 0 Å². The Balaban J connectivity index is 1.90. The van der Waals surface area contributed by atoms with Crippen LogP contribution in [0.4, 0.5) is 4.79 Å². The lowest BCUT2D eigenvalue weighted by molar-refractivity contribution is -0.123. The van der Waals surface area contributed by atoms with Gasteiger partial charge >= 0.3 is 30.2 Å². The van der Waals surface area contributed by atoms with Gasteiger partial charge in [0.15, 0.2) is 0 Å². The van der Waals surface area contributed by atoms with Gasteiger partial charge in [0.25, 0.3) is 0 Å². The standard InChI is InChI=1S/C24H25BN4O9/c1-2-28-10-11-29(22(33)21(28)32)24(36)27-19(15-6-8-17(30)9-7-15)20(31)26-18(25(37)38)13-14-4-3-5-16(12-14)23(34)35/h3-12,18-19,30,37-38H,2,13H2,1H3,(H,26,31)(H,27,36)(H,34,35)/t18-,19+/m0/s1. The third-order valence-corrected chi connectivity index (χ3v) is 5.69. The van der Waals surface area contributed by atoms with Crippen LogP contribution in [0.3, 0.4) is 0 Å². The second-order valence-electron chi connectivity index (χ2n) is 8.28. The number of nitrogens with one attached hydrogen (secondary N) is 2. The van der Waals surface area contributed by atoms with Crippen LogP contribution in [0.2, 0.25) is 0 Å². The fraction of sp³-hybridized carbons (Fsp3) is 0.208. The molecule has 198 valence electrons. The summed E-state index contributed by atoms with van der Waals surface area (Å²) in [6.45, 7) is 1.84. The molecule has 0 aliphatic rings. The van der Waals surface area contributed by atoms with Crippen molar-refractivity contribution in [1.82, 2.24) is 19.8 Å². The van der Waals surface area contributed by atoms with E-state index in [9.17, 15) is 44.2 Å². The molecule has 0 unspecified atom stereocenters. The van der Waals surface area contributed by atoms with Crippen molar-refractivity contribution in [1.29, 1.82) is 0 Å². The molecule has 0 aliphatic heterocycles. The quantitative estimate of drug-likeness (QED) is 0.157. The second-order valence-corrected chi connectivity index (χ2v) is 8.28. The number of hydrogen-bond donors (Lipinski definition) is 6. The van der Waals surface area contributed by atoms with Crippen molar-refractivity contribution in [3.63, 3.8) is 0 Å². The molecule has 13 nitrogen and oxygen atoms in total. The van der Waals surface area contributed by atoms with E-state index in [0.717, 1.165) is 10.8 Å². The maximum absolute atomic E-state index is 13.3. The fourth-order valence-corrected chi connectivity index (χ4v) is 3.66. The first-order valence-electron chi connectivity index (χ1n) is 11.4. The minimum absolute atomic E-state index is 0.0373. The Morgan fingerprint density at radius 1 is 0.974 bits per heavy atom. The SMILES string of the molecule is CCn1ccn(C(=O)N[C@@H](C(=O)N[C@@H](Cc2cccc(C(=O)O)c2)B(O)O)c2ccc(O)cc2)c(=O)c1=O.